The molecule has 106 valence electrons. The van der Waals surface area contributed by atoms with Gasteiger partial charge in [-0.05, 0) is 20.8 Å². The van der Waals surface area contributed by atoms with Crippen LogP contribution in [0.5, 0.6) is 0 Å². The van der Waals surface area contributed by atoms with E-state index in [0.717, 1.165) is 4.57 Å². The number of rotatable bonds is 3. The molecule has 0 aliphatic carbocycles. The Labute approximate surface area is 114 Å². The second kappa shape index (κ2) is 5.24. The summed E-state index contributed by atoms with van der Waals surface area (Å²) in [6.45, 7) is 4.87. The third-order valence-electron chi connectivity index (χ3n) is 2.42. The zero-order valence-electron chi connectivity index (χ0n) is 11.4. The predicted molar refractivity (Wildman–Crippen MR) is 67.3 cm³/mol. The summed E-state index contributed by atoms with van der Waals surface area (Å²) in [6, 6.07) is 0. The van der Waals surface area contributed by atoms with E-state index in [1.165, 1.54) is 18.6 Å². The molecule has 0 saturated carbocycles. The molecule has 8 heteroatoms. The van der Waals surface area contributed by atoms with Crippen molar-refractivity contribution in [1.82, 2.24) is 19.7 Å². The maximum atomic E-state index is 11.7. The Morgan fingerprint density at radius 3 is 2.75 bits per heavy atom. The van der Waals surface area contributed by atoms with Crippen LogP contribution in [0.1, 0.15) is 20.8 Å². The third-order valence-corrected chi connectivity index (χ3v) is 2.42. The van der Waals surface area contributed by atoms with Crippen LogP contribution in [0.15, 0.2) is 27.9 Å². The lowest BCUT2D eigenvalue weighted by Gasteiger charge is -2.16. The summed E-state index contributed by atoms with van der Waals surface area (Å²) in [5, 5.41) is 3.61. The molecular formula is C12H14N4O4. The van der Waals surface area contributed by atoms with Gasteiger partial charge in [0.25, 0.3) is 0 Å². The molecule has 0 bridgehead atoms. The van der Waals surface area contributed by atoms with E-state index < -0.39 is 17.1 Å². The zero-order valence-corrected chi connectivity index (χ0v) is 11.4. The van der Waals surface area contributed by atoms with Crippen molar-refractivity contribution in [1.29, 1.82) is 0 Å². The smallest absolute Gasteiger partial charge is 0.443 e. The first-order valence-electron chi connectivity index (χ1n) is 5.90. The van der Waals surface area contributed by atoms with Crippen LogP contribution < -0.4 is 5.76 Å². The molecule has 2 aromatic heterocycles. The molecule has 20 heavy (non-hydrogen) atoms. The largest absolute Gasteiger partial charge is 0.444 e. The van der Waals surface area contributed by atoms with Crippen molar-refractivity contribution in [2.24, 2.45) is 5.41 Å². The van der Waals surface area contributed by atoms with E-state index in [-0.39, 0.29) is 12.6 Å². The highest BCUT2D eigenvalue weighted by molar-refractivity contribution is 5.75. The molecule has 0 aromatic carbocycles. The third kappa shape index (κ3) is 2.90. The molecule has 0 spiro atoms. The lowest BCUT2D eigenvalue weighted by molar-refractivity contribution is -0.157. The molecule has 0 radical (unpaired) electrons. The van der Waals surface area contributed by atoms with Crippen LogP contribution >= 0.6 is 0 Å². The van der Waals surface area contributed by atoms with E-state index in [1.54, 1.807) is 20.8 Å². The molecule has 0 aliphatic heterocycles. The Bertz CT molecular complexity index is 654. The summed E-state index contributed by atoms with van der Waals surface area (Å²) < 4.78 is 10.7. The first kappa shape index (κ1) is 13.9. The van der Waals surface area contributed by atoms with Gasteiger partial charge in [-0.1, -0.05) is 5.16 Å². The van der Waals surface area contributed by atoms with Crippen LogP contribution in [0.25, 0.3) is 11.5 Å². The molecule has 0 N–H and O–H groups in total. The van der Waals surface area contributed by atoms with Crippen LogP contribution in [0.4, 0.5) is 0 Å². The van der Waals surface area contributed by atoms with Gasteiger partial charge >= 0.3 is 11.7 Å². The number of aromatic nitrogens is 4. The number of esters is 1. The average molecular weight is 278 g/mol. The second-order valence-corrected chi connectivity index (χ2v) is 5.10. The van der Waals surface area contributed by atoms with E-state index in [1.807, 2.05) is 0 Å². The summed E-state index contributed by atoms with van der Waals surface area (Å²) in [7, 11) is 0. The minimum atomic E-state index is -0.729. The van der Waals surface area contributed by atoms with Gasteiger partial charge in [0.2, 0.25) is 5.82 Å². The Morgan fingerprint density at radius 1 is 1.40 bits per heavy atom. The summed E-state index contributed by atoms with van der Waals surface area (Å²) in [5.74, 6) is -1.01. The van der Waals surface area contributed by atoms with E-state index >= 15 is 0 Å². The normalized spacial score (nSPS) is 11.3. The monoisotopic (exact) mass is 278 g/mol. The quantitative estimate of drug-likeness (QED) is 0.767. The van der Waals surface area contributed by atoms with Crippen molar-refractivity contribution in [3.8, 4) is 11.5 Å². The molecule has 0 amide bonds. The minimum absolute atomic E-state index is 0.157. The SMILES string of the molecule is CC(C)(C)C(=O)OCn1c(-c2cnccn2)noc1=O. The van der Waals surface area contributed by atoms with Gasteiger partial charge in [-0.3, -0.25) is 14.3 Å². The number of carbonyl (C=O) groups excluding carboxylic acids is 1. The summed E-state index contributed by atoms with van der Waals surface area (Å²) in [4.78, 5) is 31.2. The van der Waals surface area contributed by atoms with Crippen LogP contribution in [0.2, 0.25) is 0 Å². The van der Waals surface area contributed by atoms with Gasteiger partial charge in [-0.15, -0.1) is 0 Å². The van der Waals surface area contributed by atoms with Crippen LogP contribution in [0.3, 0.4) is 0 Å². The van der Waals surface area contributed by atoms with Crippen molar-refractivity contribution in [3.63, 3.8) is 0 Å². The van der Waals surface area contributed by atoms with Gasteiger partial charge in [0, 0.05) is 12.4 Å². The number of nitrogens with zero attached hydrogens (tertiary/aromatic N) is 4. The van der Waals surface area contributed by atoms with Crippen LogP contribution in [-0.2, 0) is 16.3 Å². The number of hydrogen-bond donors (Lipinski definition) is 0. The molecule has 2 heterocycles. The van der Waals surface area contributed by atoms with Crippen molar-refractivity contribution in [2.45, 2.75) is 27.5 Å². The Kier molecular flexibility index (Phi) is 3.64. The number of ether oxygens (including phenoxy) is 1. The molecule has 0 atom stereocenters. The second-order valence-electron chi connectivity index (χ2n) is 5.10. The summed E-state index contributed by atoms with van der Waals surface area (Å²) in [5.41, 5.74) is -0.307. The van der Waals surface area contributed by atoms with Crippen molar-refractivity contribution in [3.05, 3.63) is 29.1 Å². The van der Waals surface area contributed by atoms with Gasteiger partial charge < -0.3 is 4.74 Å². The maximum absolute atomic E-state index is 11.7. The van der Waals surface area contributed by atoms with E-state index in [4.69, 9.17) is 4.74 Å². The van der Waals surface area contributed by atoms with Crippen LogP contribution in [-0.4, -0.2) is 25.7 Å². The zero-order chi connectivity index (χ0) is 14.8. The van der Waals surface area contributed by atoms with Gasteiger partial charge in [0.1, 0.15) is 5.69 Å². The first-order chi connectivity index (χ1) is 9.39. The van der Waals surface area contributed by atoms with Crippen molar-refractivity contribution in [2.75, 3.05) is 0 Å². The lowest BCUT2D eigenvalue weighted by Crippen LogP contribution is -2.26. The maximum Gasteiger partial charge on any atom is 0.444 e. The molecule has 0 saturated heterocycles. The van der Waals surface area contributed by atoms with Gasteiger partial charge in [0.15, 0.2) is 6.73 Å². The molecule has 0 fully saturated rings. The van der Waals surface area contributed by atoms with E-state index in [0.29, 0.717) is 5.69 Å². The lowest BCUT2D eigenvalue weighted by atomic mass is 9.98. The average Bonchev–Trinajstić information content (AvgIpc) is 2.77. The first-order valence-corrected chi connectivity index (χ1v) is 5.90. The van der Waals surface area contributed by atoms with Gasteiger partial charge in [0.05, 0.1) is 11.6 Å². The summed E-state index contributed by atoms with van der Waals surface area (Å²) >= 11 is 0. The number of hydrogen-bond acceptors (Lipinski definition) is 7. The van der Waals surface area contributed by atoms with Crippen molar-refractivity contribution < 1.29 is 14.1 Å². The predicted octanol–water partition coefficient (Wildman–Crippen LogP) is 0.840. The molecule has 0 aliphatic rings. The standard InChI is InChI=1S/C12H14N4O4/c1-12(2,3)10(17)19-7-16-9(15-20-11(16)18)8-6-13-4-5-14-8/h4-6H,7H2,1-3H3. The molecular weight excluding hydrogens is 264 g/mol. The van der Waals surface area contributed by atoms with E-state index in [9.17, 15) is 9.59 Å². The van der Waals surface area contributed by atoms with Crippen molar-refractivity contribution >= 4 is 5.97 Å². The molecule has 2 aromatic rings. The highest BCUT2D eigenvalue weighted by Gasteiger charge is 2.24. The Balaban J connectivity index is 2.23. The molecule has 0 unspecified atom stereocenters. The van der Waals surface area contributed by atoms with E-state index in [2.05, 4.69) is 19.6 Å². The topological polar surface area (TPSA) is 100 Å². The van der Waals surface area contributed by atoms with Crippen LogP contribution in [0, 0.1) is 5.41 Å². The highest BCUT2D eigenvalue weighted by Crippen LogP contribution is 2.16. The molecule has 2 rings (SSSR count). The van der Waals surface area contributed by atoms with Gasteiger partial charge in [-0.25, -0.2) is 14.3 Å². The fraction of sp³-hybridized carbons (Fsp3) is 0.417. The fourth-order valence-electron chi connectivity index (χ4n) is 1.32. The number of carbonyl (C=O) groups is 1. The molecule has 8 nitrogen and oxygen atoms in total. The minimum Gasteiger partial charge on any atom is -0.443 e. The Morgan fingerprint density at radius 2 is 2.15 bits per heavy atom. The highest BCUT2D eigenvalue weighted by atomic mass is 16.6. The summed E-state index contributed by atoms with van der Waals surface area (Å²) in [6.07, 6.45) is 4.38. The fourth-order valence-corrected chi connectivity index (χ4v) is 1.32. The van der Waals surface area contributed by atoms with Gasteiger partial charge in [-0.2, -0.15) is 0 Å². The Hall–Kier alpha value is -2.51.